The van der Waals surface area contributed by atoms with Gasteiger partial charge in [-0.1, -0.05) is 24.4 Å². The molecule has 0 unspecified atom stereocenters. The van der Waals surface area contributed by atoms with E-state index in [0.717, 1.165) is 29.5 Å². The van der Waals surface area contributed by atoms with E-state index in [2.05, 4.69) is 39.8 Å². The van der Waals surface area contributed by atoms with Crippen LogP contribution in [0.3, 0.4) is 0 Å². The minimum absolute atomic E-state index is 0.235. The highest BCUT2D eigenvalue weighted by Crippen LogP contribution is 2.31. The van der Waals surface area contributed by atoms with Crippen molar-refractivity contribution in [1.82, 2.24) is 20.7 Å². The summed E-state index contributed by atoms with van der Waals surface area (Å²) in [5.74, 6) is 1.69. The van der Waals surface area contributed by atoms with Gasteiger partial charge in [0.05, 0.1) is 5.69 Å². The van der Waals surface area contributed by atoms with Crippen LogP contribution in [0.1, 0.15) is 49.1 Å². The SMILES string of the molecule is CN=C(NCc1c(C)noc1C)NCC1(N(C)C)CCCCC1. The quantitative estimate of drug-likeness (QED) is 0.643. The molecule has 0 bridgehead atoms. The van der Waals surface area contributed by atoms with Crippen molar-refractivity contribution in [2.45, 2.75) is 58.0 Å². The Kier molecular flexibility index (Phi) is 6.04. The molecule has 0 spiro atoms. The lowest BCUT2D eigenvalue weighted by atomic mass is 9.80. The van der Waals surface area contributed by atoms with Gasteiger partial charge in [-0.25, -0.2) is 0 Å². The third-order valence-electron chi connectivity index (χ3n) is 5.16. The maximum Gasteiger partial charge on any atom is 0.191 e. The molecule has 0 amide bonds. The topological polar surface area (TPSA) is 65.7 Å². The molecule has 1 heterocycles. The maximum atomic E-state index is 5.21. The minimum Gasteiger partial charge on any atom is -0.361 e. The van der Waals surface area contributed by atoms with Gasteiger partial charge in [0.25, 0.3) is 0 Å². The van der Waals surface area contributed by atoms with Gasteiger partial charge in [-0.15, -0.1) is 0 Å². The van der Waals surface area contributed by atoms with E-state index < -0.39 is 0 Å². The van der Waals surface area contributed by atoms with Crippen LogP contribution in [0.25, 0.3) is 0 Å². The van der Waals surface area contributed by atoms with Gasteiger partial charge in [0, 0.05) is 31.2 Å². The summed E-state index contributed by atoms with van der Waals surface area (Å²) in [6.45, 7) is 5.50. The normalized spacial score (nSPS) is 18.3. The molecule has 2 N–H and O–H groups in total. The summed E-state index contributed by atoms with van der Waals surface area (Å²) in [4.78, 5) is 6.72. The average molecular weight is 321 g/mol. The Bertz CT molecular complexity index is 510. The van der Waals surface area contributed by atoms with Crippen LogP contribution in [0.5, 0.6) is 0 Å². The van der Waals surface area contributed by atoms with E-state index in [4.69, 9.17) is 4.52 Å². The number of hydrogen-bond acceptors (Lipinski definition) is 4. The lowest BCUT2D eigenvalue weighted by molar-refractivity contribution is 0.104. The molecule has 0 aromatic carbocycles. The molecule has 6 heteroatoms. The van der Waals surface area contributed by atoms with Crippen LogP contribution in [0.2, 0.25) is 0 Å². The molecule has 1 aromatic heterocycles. The second-order valence-electron chi connectivity index (χ2n) is 6.76. The summed E-state index contributed by atoms with van der Waals surface area (Å²) in [5.41, 5.74) is 2.27. The van der Waals surface area contributed by atoms with Gasteiger partial charge in [0.15, 0.2) is 5.96 Å². The number of rotatable bonds is 5. The first-order valence-corrected chi connectivity index (χ1v) is 8.52. The van der Waals surface area contributed by atoms with Crippen LogP contribution >= 0.6 is 0 Å². The van der Waals surface area contributed by atoms with Crippen LogP contribution in [-0.4, -0.2) is 49.2 Å². The molecule has 1 fully saturated rings. The third-order valence-corrected chi connectivity index (χ3v) is 5.16. The van der Waals surface area contributed by atoms with Gasteiger partial charge in [0.2, 0.25) is 0 Å². The van der Waals surface area contributed by atoms with Gasteiger partial charge in [0.1, 0.15) is 5.76 Å². The van der Waals surface area contributed by atoms with Crippen LogP contribution in [0.15, 0.2) is 9.52 Å². The Balaban J connectivity index is 1.92. The van der Waals surface area contributed by atoms with Crippen LogP contribution < -0.4 is 10.6 Å². The summed E-state index contributed by atoms with van der Waals surface area (Å²) in [5, 5.41) is 10.9. The number of aliphatic imine (C=N–C) groups is 1. The number of likely N-dealkylation sites (N-methyl/N-ethyl adjacent to an activating group) is 1. The fourth-order valence-electron chi connectivity index (χ4n) is 3.39. The van der Waals surface area contributed by atoms with Gasteiger partial charge >= 0.3 is 0 Å². The number of aromatic nitrogens is 1. The van der Waals surface area contributed by atoms with E-state index in [1.165, 1.54) is 32.1 Å². The molecule has 1 aliphatic rings. The van der Waals surface area contributed by atoms with E-state index >= 15 is 0 Å². The Morgan fingerprint density at radius 3 is 2.43 bits per heavy atom. The summed E-state index contributed by atoms with van der Waals surface area (Å²) in [6, 6.07) is 0. The molecule has 2 rings (SSSR count). The monoisotopic (exact) mass is 321 g/mol. The maximum absolute atomic E-state index is 5.21. The molecule has 23 heavy (non-hydrogen) atoms. The highest BCUT2D eigenvalue weighted by molar-refractivity contribution is 5.79. The first-order chi connectivity index (χ1) is 11.0. The van der Waals surface area contributed by atoms with Crippen molar-refractivity contribution in [3.05, 3.63) is 17.0 Å². The molecular formula is C17H31N5O. The van der Waals surface area contributed by atoms with E-state index in [1.54, 1.807) is 0 Å². The number of nitrogens with one attached hydrogen (secondary N) is 2. The fraction of sp³-hybridized carbons (Fsp3) is 0.765. The van der Waals surface area contributed by atoms with Gasteiger partial charge < -0.3 is 20.1 Å². The van der Waals surface area contributed by atoms with E-state index in [1.807, 2.05) is 20.9 Å². The van der Waals surface area contributed by atoms with Crippen molar-refractivity contribution in [2.75, 3.05) is 27.7 Å². The molecule has 0 radical (unpaired) electrons. The highest BCUT2D eigenvalue weighted by Gasteiger charge is 2.34. The van der Waals surface area contributed by atoms with Gasteiger partial charge in [-0.05, 0) is 40.8 Å². The number of nitrogens with zero attached hydrogens (tertiary/aromatic N) is 3. The smallest absolute Gasteiger partial charge is 0.191 e. The average Bonchev–Trinajstić information content (AvgIpc) is 2.87. The van der Waals surface area contributed by atoms with Crippen molar-refractivity contribution in [3.8, 4) is 0 Å². The van der Waals surface area contributed by atoms with Crippen LogP contribution in [-0.2, 0) is 6.54 Å². The molecule has 6 nitrogen and oxygen atoms in total. The minimum atomic E-state index is 0.235. The summed E-state index contributed by atoms with van der Waals surface area (Å²) in [7, 11) is 6.19. The Labute approximate surface area is 139 Å². The van der Waals surface area contributed by atoms with Crippen LogP contribution in [0.4, 0.5) is 0 Å². The second kappa shape index (κ2) is 7.81. The number of hydrogen-bond donors (Lipinski definition) is 2. The van der Waals surface area contributed by atoms with Crippen molar-refractivity contribution in [2.24, 2.45) is 4.99 Å². The predicted molar refractivity (Wildman–Crippen MR) is 93.7 cm³/mol. The lowest BCUT2D eigenvalue weighted by Crippen LogP contribution is -2.55. The molecule has 0 atom stereocenters. The summed E-state index contributed by atoms with van der Waals surface area (Å²) >= 11 is 0. The first-order valence-electron chi connectivity index (χ1n) is 8.52. The van der Waals surface area contributed by atoms with Crippen molar-refractivity contribution >= 4 is 5.96 Å². The fourth-order valence-corrected chi connectivity index (χ4v) is 3.39. The third kappa shape index (κ3) is 4.25. The van der Waals surface area contributed by atoms with E-state index in [9.17, 15) is 0 Å². The van der Waals surface area contributed by atoms with Gasteiger partial charge in [-0.3, -0.25) is 4.99 Å². The molecule has 1 aromatic rings. The molecule has 1 aliphatic carbocycles. The largest absolute Gasteiger partial charge is 0.361 e. The van der Waals surface area contributed by atoms with E-state index in [0.29, 0.717) is 6.54 Å². The molecule has 1 saturated carbocycles. The van der Waals surface area contributed by atoms with Crippen molar-refractivity contribution < 1.29 is 4.52 Å². The summed E-state index contributed by atoms with van der Waals surface area (Å²) < 4.78 is 5.21. The zero-order chi connectivity index (χ0) is 16.9. The molecular weight excluding hydrogens is 290 g/mol. The first kappa shape index (κ1) is 17.8. The van der Waals surface area contributed by atoms with E-state index in [-0.39, 0.29) is 5.54 Å². The predicted octanol–water partition coefficient (Wildman–Crippen LogP) is 2.22. The number of aryl methyl sites for hydroxylation is 2. The Hall–Kier alpha value is -1.56. The Morgan fingerprint density at radius 2 is 1.91 bits per heavy atom. The highest BCUT2D eigenvalue weighted by atomic mass is 16.5. The van der Waals surface area contributed by atoms with Gasteiger partial charge in [-0.2, -0.15) is 0 Å². The zero-order valence-electron chi connectivity index (χ0n) is 15.2. The molecule has 0 saturated heterocycles. The standard InChI is InChI=1S/C17H31N5O/c1-13-15(14(2)23-21-13)11-19-16(18-3)20-12-17(22(4)5)9-7-6-8-10-17/h6-12H2,1-5H3,(H2,18,19,20). The lowest BCUT2D eigenvalue weighted by Gasteiger charge is -2.43. The molecule has 0 aliphatic heterocycles. The van der Waals surface area contributed by atoms with Crippen LogP contribution in [0, 0.1) is 13.8 Å². The molecule has 130 valence electrons. The van der Waals surface area contributed by atoms with Crippen molar-refractivity contribution in [3.63, 3.8) is 0 Å². The zero-order valence-corrected chi connectivity index (χ0v) is 15.2. The number of guanidine groups is 1. The van der Waals surface area contributed by atoms with Crippen molar-refractivity contribution in [1.29, 1.82) is 0 Å². The summed E-state index contributed by atoms with van der Waals surface area (Å²) in [6.07, 6.45) is 6.46. The second-order valence-corrected chi connectivity index (χ2v) is 6.76. The Morgan fingerprint density at radius 1 is 1.22 bits per heavy atom.